The maximum Gasteiger partial charge on any atom is 0.212 e. The lowest BCUT2D eigenvalue weighted by molar-refractivity contribution is -0.105. The molecule has 0 bridgehead atoms. The minimum atomic E-state index is 0.469. The maximum absolute atomic E-state index is 9.97. The van der Waals surface area contributed by atoms with E-state index in [1.165, 1.54) is 6.20 Å². The second kappa shape index (κ2) is 3.69. The van der Waals surface area contributed by atoms with Crippen molar-refractivity contribution in [2.24, 2.45) is 0 Å². The summed E-state index contributed by atoms with van der Waals surface area (Å²) in [7, 11) is 0. The number of hydrogen-bond acceptors (Lipinski definition) is 2. The molecule has 58 valence electrons. The quantitative estimate of drug-likeness (QED) is 0.797. The van der Waals surface area contributed by atoms with E-state index in [-0.39, 0.29) is 0 Å². The Morgan fingerprint density at radius 3 is 3.00 bits per heavy atom. The molecular weight excluding hydrogens is 231 g/mol. The van der Waals surface area contributed by atoms with Gasteiger partial charge in [-0.2, -0.15) is 0 Å². The smallest absolute Gasteiger partial charge is 0.212 e. The summed E-state index contributed by atoms with van der Waals surface area (Å²) in [6, 6.07) is 1.62. The molecule has 0 aliphatic rings. The van der Waals surface area contributed by atoms with Gasteiger partial charge in [-0.3, -0.25) is 4.79 Å². The summed E-state index contributed by atoms with van der Waals surface area (Å²) in [4.78, 5) is 13.8. The molecule has 0 saturated heterocycles. The van der Waals surface area contributed by atoms with E-state index in [9.17, 15) is 4.79 Å². The van der Waals surface area contributed by atoms with Gasteiger partial charge in [0.25, 0.3) is 0 Å². The van der Waals surface area contributed by atoms with Crippen LogP contribution < -0.4 is 5.32 Å². The lowest BCUT2D eigenvalue weighted by atomic mass is 10.5. The lowest BCUT2D eigenvalue weighted by Crippen LogP contribution is -1.95. The highest BCUT2D eigenvalue weighted by molar-refractivity contribution is 9.10. The molecule has 0 unspecified atom stereocenters. The lowest BCUT2D eigenvalue weighted by Gasteiger charge is -1.98. The van der Waals surface area contributed by atoms with Crippen molar-refractivity contribution in [1.82, 2.24) is 4.98 Å². The zero-order valence-electron chi connectivity index (χ0n) is 5.34. The number of nitrogens with zero attached hydrogens (tertiary/aromatic N) is 1. The van der Waals surface area contributed by atoms with Crippen molar-refractivity contribution in [3.05, 3.63) is 21.8 Å². The zero-order valence-corrected chi connectivity index (χ0v) is 7.69. The van der Waals surface area contributed by atoms with E-state index in [4.69, 9.17) is 11.6 Å². The van der Waals surface area contributed by atoms with Crippen LogP contribution in [0.2, 0.25) is 5.02 Å². The second-order valence-corrected chi connectivity index (χ2v) is 3.01. The predicted molar refractivity (Wildman–Crippen MR) is 46.6 cm³/mol. The molecule has 1 aromatic rings. The monoisotopic (exact) mass is 234 g/mol. The number of carbonyl (C=O) groups is 1. The largest absolute Gasteiger partial charge is 0.313 e. The first-order valence-electron chi connectivity index (χ1n) is 2.75. The Hall–Kier alpha value is -0.610. The normalized spacial score (nSPS) is 9.27. The van der Waals surface area contributed by atoms with Gasteiger partial charge in [0, 0.05) is 10.7 Å². The Bertz CT molecular complexity index is 279. The highest BCUT2D eigenvalue weighted by Gasteiger charge is 1.98. The molecule has 5 heteroatoms. The van der Waals surface area contributed by atoms with Crippen molar-refractivity contribution in [1.29, 1.82) is 0 Å². The summed E-state index contributed by atoms with van der Waals surface area (Å²) >= 11 is 8.84. The SMILES string of the molecule is O=CNc1cc(Br)c(Cl)cn1. The summed E-state index contributed by atoms with van der Waals surface area (Å²) < 4.78 is 0.707. The van der Waals surface area contributed by atoms with Crippen LogP contribution in [0.15, 0.2) is 16.7 Å². The average molecular weight is 235 g/mol. The van der Waals surface area contributed by atoms with Gasteiger partial charge in [0.2, 0.25) is 6.41 Å². The third-order valence-electron chi connectivity index (χ3n) is 1.02. The number of pyridine rings is 1. The highest BCUT2D eigenvalue weighted by Crippen LogP contribution is 2.22. The molecule has 0 aliphatic heterocycles. The summed E-state index contributed by atoms with van der Waals surface area (Å²) in [5.74, 6) is 0.469. The van der Waals surface area contributed by atoms with Gasteiger partial charge in [-0.05, 0) is 22.0 Å². The van der Waals surface area contributed by atoms with E-state index in [2.05, 4.69) is 26.2 Å². The number of carbonyl (C=O) groups excluding carboxylic acids is 1. The first kappa shape index (κ1) is 8.49. The van der Waals surface area contributed by atoms with Gasteiger partial charge < -0.3 is 5.32 Å². The summed E-state index contributed by atoms with van der Waals surface area (Å²) in [5, 5.41) is 2.91. The molecule has 1 rings (SSSR count). The molecule has 0 aromatic carbocycles. The molecule has 1 N–H and O–H groups in total. The van der Waals surface area contributed by atoms with E-state index in [0.29, 0.717) is 21.7 Å². The van der Waals surface area contributed by atoms with Gasteiger partial charge in [0.15, 0.2) is 0 Å². The fourth-order valence-electron chi connectivity index (χ4n) is 0.553. The Labute approximate surface area is 76.9 Å². The maximum atomic E-state index is 9.97. The standard InChI is InChI=1S/C6H4BrClN2O/c7-4-1-6(10-3-11)9-2-5(4)8/h1-3H,(H,9,10,11). The predicted octanol–water partition coefficient (Wildman–Crippen LogP) is 2.07. The fraction of sp³-hybridized carbons (Fsp3) is 0. The Morgan fingerprint density at radius 1 is 1.73 bits per heavy atom. The number of amides is 1. The van der Waals surface area contributed by atoms with Crippen LogP contribution in [0.25, 0.3) is 0 Å². The first-order valence-corrected chi connectivity index (χ1v) is 3.92. The average Bonchev–Trinajstić information content (AvgIpc) is 1.98. The van der Waals surface area contributed by atoms with E-state index in [0.717, 1.165) is 0 Å². The number of halogens is 2. The van der Waals surface area contributed by atoms with Gasteiger partial charge >= 0.3 is 0 Å². The van der Waals surface area contributed by atoms with Crippen LogP contribution in [0.5, 0.6) is 0 Å². The van der Waals surface area contributed by atoms with Crippen LogP contribution in [-0.4, -0.2) is 11.4 Å². The van der Waals surface area contributed by atoms with Crippen molar-refractivity contribution >= 4 is 39.8 Å². The fourth-order valence-corrected chi connectivity index (χ4v) is 0.976. The Kier molecular flexibility index (Phi) is 2.84. The van der Waals surface area contributed by atoms with Crippen molar-refractivity contribution in [3.63, 3.8) is 0 Å². The molecule has 3 nitrogen and oxygen atoms in total. The molecule has 1 heterocycles. The third-order valence-corrected chi connectivity index (χ3v) is 2.20. The zero-order chi connectivity index (χ0) is 8.27. The van der Waals surface area contributed by atoms with E-state index < -0.39 is 0 Å². The van der Waals surface area contributed by atoms with Crippen molar-refractivity contribution < 1.29 is 4.79 Å². The van der Waals surface area contributed by atoms with Gasteiger partial charge in [-0.1, -0.05) is 11.6 Å². The number of hydrogen-bond donors (Lipinski definition) is 1. The Balaban J connectivity index is 2.95. The van der Waals surface area contributed by atoms with Crippen LogP contribution >= 0.6 is 27.5 Å². The molecular formula is C6H4BrClN2O. The van der Waals surface area contributed by atoms with E-state index in [1.807, 2.05) is 0 Å². The molecule has 0 atom stereocenters. The molecule has 1 aromatic heterocycles. The summed E-state index contributed by atoms with van der Waals surface area (Å²) in [5.41, 5.74) is 0. The number of rotatable bonds is 2. The van der Waals surface area contributed by atoms with Crippen molar-refractivity contribution in [3.8, 4) is 0 Å². The minimum Gasteiger partial charge on any atom is -0.313 e. The van der Waals surface area contributed by atoms with Crippen LogP contribution in [0.4, 0.5) is 5.82 Å². The van der Waals surface area contributed by atoms with Gasteiger partial charge in [0.05, 0.1) is 5.02 Å². The minimum absolute atomic E-state index is 0.469. The Morgan fingerprint density at radius 2 is 2.45 bits per heavy atom. The van der Waals surface area contributed by atoms with Crippen LogP contribution in [0.1, 0.15) is 0 Å². The third kappa shape index (κ3) is 2.17. The van der Waals surface area contributed by atoms with Crippen LogP contribution in [0, 0.1) is 0 Å². The van der Waals surface area contributed by atoms with Crippen LogP contribution in [-0.2, 0) is 4.79 Å². The molecule has 0 fully saturated rings. The molecule has 0 radical (unpaired) electrons. The van der Waals surface area contributed by atoms with E-state index in [1.54, 1.807) is 6.07 Å². The van der Waals surface area contributed by atoms with Gasteiger partial charge in [0.1, 0.15) is 5.82 Å². The molecule has 0 aliphatic carbocycles. The van der Waals surface area contributed by atoms with Crippen molar-refractivity contribution in [2.45, 2.75) is 0 Å². The number of nitrogens with one attached hydrogen (secondary N) is 1. The van der Waals surface area contributed by atoms with E-state index >= 15 is 0 Å². The summed E-state index contributed by atoms with van der Waals surface area (Å²) in [6.07, 6.45) is 2.01. The first-order chi connectivity index (χ1) is 5.24. The summed E-state index contributed by atoms with van der Waals surface area (Å²) in [6.45, 7) is 0. The van der Waals surface area contributed by atoms with Gasteiger partial charge in [-0.15, -0.1) is 0 Å². The topological polar surface area (TPSA) is 42.0 Å². The molecule has 1 amide bonds. The van der Waals surface area contributed by atoms with Crippen molar-refractivity contribution in [2.75, 3.05) is 5.32 Å². The van der Waals surface area contributed by atoms with Gasteiger partial charge in [-0.25, -0.2) is 4.98 Å². The number of anilines is 1. The molecule has 0 spiro atoms. The highest BCUT2D eigenvalue weighted by atomic mass is 79.9. The molecule has 0 saturated carbocycles. The number of aromatic nitrogens is 1. The molecule has 11 heavy (non-hydrogen) atoms. The van der Waals surface area contributed by atoms with Crippen LogP contribution in [0.3, 0.4) is 0 Å². The second-order valence-electron chi connectivity index (χ2n) is 1.75.